The van der Waals surface area contributed by atoms with Crippen molar-refractivity contribution in [2.45, 2.75) is 25.2 Å². The molecule has 3 rings (SSSR count). The van der Waals surface area contributed by atoms with E-state index in [1.54, 1.807) is 11.9 Å². The average Bonchev–Trinajstić information content (AvgIpc) is 2.76. The van der Waals surface area contributed by atoms with E-state index in [9.17, 15) is 9.18 Å². The lowest BCUT2D eigenvalue weighted by molar-refractivity contribution is 0.0510. The summed E-state index contributed by atoms with van der Waals surface area (Å²) in [7, 11) is 1.77. The van der Waals surface area contributed by atoms with Gasteiger partial charge in [-0.2, -0.15) is 0 Å². The number of carbonyl (C=O) groups is 1. The summed E-state index contributed by atoms with van der Waals surface area (Å²) in [6.45, 7) is 6.90. The summed E-state index contributed by atoms with van der Waals surface area (Å²) in [5, 5.41) is 3.52. The lowest BCUT2D eigenvalue weighted by Gasteiger charge is -2.40. The maximum absolute atomic E-state index is 13.4. The van der Waals surface area contributed by atoms with Gasteiger partial charge in [0.25, 0.3) is 0 Å². The third kappa shape index (κ3) is 5.18. The zero-order valence-electron chi connectivity index (χ0n) is 17.3. The molecule has 0 bridgehead atoms. The zero-order chi connectivity index (χ0) is 20.7. The fourth-order valence-electron chi connectivity index (χ4n) is 4.03. The molecule has 1 N–H and O–H groups in total. The van der Waals surface area contributed by atoms with E-state index in [-0.39, 0.29) is 17.3 Å². The molecule has 1 aromatic carbocycles. The van der Waals surface area contributed by atoms with Crippen LogP contribution in [0.25, 0.3) is 0 Å². The van der Waals surface area contributed by atoms with Crippen LogP contribution in [-0.2, 0) is 14.9 Å². The molecule has 2 aliphatic heterocycles. The molecule has 0 unspecified atom stereocenters. The second-order valence-electron chi connectivity index (χ2n) is 7.47. The molecule has 0 radical (unpaired) electrons. The van der Waals surface area contributed by atoms with Crippen molar-refractivity contribution < 1.29 is 18.7 Å². The van der Waals surface area contributed by atoms with E-state index in [0.29, 0.717) is 52.5 Å². The van der Waals surface area contributed by atoms with Gasteiger partial charge < -0.3 is 24.6 Å². The Labute approximate surface area is 171 Å². The minimum Gasteiger partial charge on any atom is -0.450 e. The Morgan fingerprint density at radius 2 is 1.79 bits per heavy atom. The fraction of sp³-hybridized carbons (Fsp3) is 0.619. The lowest BCUT2D eigenvalue weighted by Crippen LogP contribution is -2.55. The zero-order valence-corrected chi connectivity index (χ0v) is 17.3. The van der Waals surface area contributed by atoms with Gasteiger partial charge in [0.1, 0.15) is 5.82 Å². The topological polar surface area (TPSA) is 66.4 Å². The fourth-order valence-corrected chi connectivity index (χ4v) is 4.03. The number of amides is 1. The highest BCUT2D eigenvalue weighted by molar-refractivity contribution is 5.80. The van der Waals surface area contributed by atoms with Gasteiger partial charge in [-0.05, 0) is 37.5 Å². The number of nitrogens with one attached hydrogen (secondary N) is 1. The first-order valence-electron chi connectivity index (χ1n) is 10.3. The van der Waals surface area contributed by atoms with Crippen molar-refractivity contribution >= 4 is 12.1 Å². The van der Waals surface area contributed by atoms with Gasteiger partial charge in [-0.15, -0.1) is 0 Å². The third-order valence-electron chi connectivity index (χ3n) is 5.81. The monoisotopic (exact) mass is 406 g/mol. The predicted molar refractivity (Wildman–Crippen MR) is 110 cm³/mol. The van der Waals surface area contributed by atoms with Gasteiger partial charge in [-0.25, -0.2) is 9.18 Å². The standard InChI is InChI=1S/C21H31FN4O3/c1-3-29-20(27)26-12-10-25(11-13-26)19(23-2)24-16-21(8-14-28-15-9-21)17-4-6-18(22)7-5-17/h4-7H,3,8-16H2,1-2H3,(H,23,24). The molecular weight excluding hydrogens is 375 g/mol. The minimum atomic E-state index is -0.257. The maximum Gasteiger partial charge on any atom is 0.409 e. The molecule has 0 saturated carbocycles. The summed E-state index contributed by atoms with van der Waals surface area (Å²) in [4.78, 5) is 20.2. The van der Waals surface area contributed by atoms with Gasteiger partial charge in [0, 0.05) is 58.4 Å². The highest BCUT2D eigenvalue weighted by atomic mass is 19.1. The molecule has 2 aliphatic rings. The van der Waals surface area contributed by atoms with Crippen molar-refractivity contribution in [3.8, 4) is 0 Å². The van der Waals surface area contributed by atoms with Crippen LogP contribution in [0.1, 0.15) is 25.3 Å². The Bertz CT molecular complexity index is 696. The molecular formula is C21H31FN4O3. The number of nitrogens with zero attached hydrogens (tertiary/aromatic N) is 3. The van der Waals surface area contributed by atoms with Crippen LogP contribution in [0, 0.1) is 5.82 Å². The highest BCUT2D eigenvalue weighted by Crippen LogP contribution is 2.34. The number of hydrogen-bond acceptors (Lipinski definition) is 4. The summed E-state index contributed by atoms with van der Waals surface area (Å²) in [6.07, 6.45) is 1.49. The number of carbonyl (C=O) groups excluding carboxylic acids is 1. The molecule has 2 saturated heterocycles. The smallest absolute Gasteiger partial charge is 0.409 e. The van der Waals surface area contributed by atoms with Gasteiger partial charge in [-0.1, -0.05) is 12.1 Å². The molecule has 160 valence electrons. The Balaban J connectivity index is 1.63. The Kier molecular flexibility index (Phi) is 7.30. The number of halogens is 1. The van der Waals surface area contributed by atoms with Crippen molar-refractivity contribution in [2.75, 3.05) is 59.6 Å². The number of hydrogen-bond donors (Lipinski definition) is 1. The molecule has 0 aromatic heterocycles. The summed E-state index contributed by atoms with van der Waals surface area (Å²) in [6, 6.07) is 6.80. The van der Waals surface area contributed by atoms with Crippen molar-refractivity contribution in [1.29, 1.82) is 0 Å². The van der Waals surface area contributed by atoms with Crippen LogP contribution in [0.5, 0.6) is 0 Å². The number of rotatable bonds is 4. The van der Waals surface area contributed by atoms with Crippen LogP contribution < -0.4 is 5.32 Å². The van der Waals surface area contributed by atoms with E-state index < -0.39 is 0 Å². The van der Waals surface area contributed by atoms with Gasteiger partial charge in [0.2, 0.25) is 0 Å². The molecule has 1 amide bonds. The minimum absolute atomic E-state index is 0.116. The second kappa shape index (κ2) is 9.91. The number of guanidine groups is 1. The number of ether oxygens (including phenoxy) is 2. The average molecular weight is 407 g/mol. The molecule has 7 nitrogen and oxygen atoms in total. The molecule has 8 heteroatoms. The van der Waals surface area contributed by atoms with E-state index in [0.717, 1.165) is 24.4 Å². The van der Waals surface area contributed by atoms with Gasteiger partial charge in [0.15, 0.2) is 5.96 Å². The second-order valence-corrected chi connectivity index (χ2v) is 7.47. The van der Waals surface area contributed by atoms with Crippen LogP contribution in [-0.4, -0.2) is 81.4 Å². The summed E-state index contributed by atoms with van der Waals surface area (Å²) < 4.78 is 24.1. The Morgan fingerprint density at radius 1 is 1.17 bits per heavy atom. The molecule has 0 aliphatic carbocycles. The summed E-state index contributed by atoms with van der Waals surface area (Å²) >= 11 is 0. The van der Waals surface area contributed by atoms with Gasteiger partial charge in [0.05, 0.1) is 6.61 Å². The molecule has 2 fully saturated rings. The van der Waals surface area contributed by atoms with E-state index in [1.807, 2.05) is 19.1 Å². The normalized spacial score (nSPS) is 19.8. The van der Waals surface area contributed by atoms with Crippen LogP contribution in [0.2, 0.25) is 0 Å². The summed E-state index contributed by atoms with van der Waals surface area (Å²) in [5.74, 6) is 0.598. The van der Waals surface area contributed by atoms with Crippen LogP contribution >= 0.6 is 0 Å². The van der Waals surface area contributed by atoms with Crippen molar-refractivity contribution in [1.82, 2.24) is 15.1 Å². The quantitative estimate of drug-likeness (QED) is 0.614. The molecule has 0 spiro atoms. The largest absolute Gasteiger partial charge is 0.450 e. The van der Waals surface area contributed by atoms with E-state index in [4.69, 9.17) is 9.47 Å². The number of aliphatic imine (C=N–C) groups is 1. The van der Waals surface area contributed by atoms with Crippen LogP contribution in [0.3, 0.4) is 0 Å². The van der Waals surface area contributed by atoms with E-state index in [2.05, 4.69) is 15.2 Å². The first-order chi connectivity index (χ1) is 14.1. The highest BCUT2D eigenvalue weighted by Gasteiger charge is 2.35. The SMILES string of the molecule is CCOC(=O)N1CCN(C(=NC)NCC2(c3ccc(F)cc3)CCOCC2)CC1. The predicted octanol–water partition coefficient (Wildman–Crippen LogP) is 2.22. The maximum atomic E-state index is 13.4. The van der Waals surface area contributed by atoms with E-state index >= 15 is 0 Å². The van der Waals surface area contributed by atoms with Crippen molar-refractivity contribution in [2.24, 2.45) is 4.99 Å². The van der Waals surface area contributed by atoms with Crippen molar-refractivity contribution in [3.05, 3.63) is 35.6 Å². The number of benzene rings is 1. The molecule has 1 aromatic rings. The van der Waals surface area contributed by atoms with Crippen LogP contribution in [0.4, 0.5) is 9.18 Å². The van der Waals surface area contributed by atoms with E-state index in [1.165, 1.54) is 12.1 Å². The molecule has 0 atom stereocenters. The Morgan fingerprint density at radius 3 is 2.38 bits per heavy atom. The lowest BCUT2D eigenvalue weighted by atomic mass is 9.74. The van der Waals surface area contributed by atoms with Crippen LogP contribution in [0.15, 0.2) is 29.3 Å². The van der Waals surface area contributed by atoms with Gasteiger partial charge >= 0.3 is 6.09 Å². The first-order valence-corrected chi connectivity index (χ1v) is 10.3. The molecule has 29 heavy (non-hydrogen) atoms. The Hall–Kier alpha value is -2.35. The number of piperazine rings is 1. The first kappa shape index (κ1) is 21.4. The third-order valence-corrected chi connectivity index (χ3v) is 5.81. The van der Waals surface area contributed by atoms with Gasteiger partial charge in [-0.3, -0.25) is 4.99 Å². The summed E-state index contributed by atoms with van der Waals surface area (Å²) in [5.41, 5.74) is 1.01. The molecule has 2 heterocycles. The van der Waals surface area contributed by atoms with Crippen molar-refractivity contribution in [3.63, 3.8) is 0 Å².